The monoisotopic (exact) mass is 486 g/mol. The lowest BCUT2D eigenvalue weighted by Crippen LogP contribution is -2.47. The SMILES string of the molecule is C[C@@H]1CCN(C(=O)OC(C)(C)C)C[C@H]1C(=O)O.C[C@H]1CCN(C(=O)OC(C)(C)C)C[C@@H]1C(=O)O. The summed E-state index contributed by atoms with van der Waals surface area (Å²) in [5.41, 5.74) is -1.09. The molecule has 2 rings (SSSR count). The van der Waals surface area contributed by atoms with E-state index in [1.54, 1.807) is 41.5 Å². The van der Waals surface area contributed by atoms with E-state index in [1.165, 1.54) is 9.80 Å². The molecule has 2 amide bonds. The lowest BCUT2D eigenvalue weighted by atomic mass is 9.87. The van der Waals surface area contributed by atoms with Crippen molar-refractivity contribution in [2.75, 3.05) is 26.2 Å². The Kier molecular flexibility index (Phi) is 10.2. The second kappa shape index (κ2) is 11.8. The number of rotatable bonds is 2. The fraction of sp³-hybridized carbons (Fsp3) is 0.833. The maximum Gasteiger partial charge on any atom is 0.410 e. The lowest BCUT2D eigenvalue weighted by molar-refractivity contribution is -0.146. The van der Waals surface area contributed by atoms with Crippen LogP contribution in [-0.4, -0.2) is 81.5 Å². The molecule has 0 radical (unpaired) electrons. The summed E-state index contributed by atoms with van der Waals surface area (Å²) in [5, 5.41) is 18.1. The molecule has 2 aliphatic rings. The van der Waals surface area contributed by atoms with Gasteiger partial charge in [0.15, 0.2) is 0 Å². The van der Waals surface area contributed by atoms with Crippen LogP contribution in [0.1, 0.15) is 68.2 Å². The smallest absolute Gasteiger partial charge is 0.410 e. The number of carbonyl (C=O) groups is 4. The first-order valence-electron chi connectivity index (χ1n) is 11.8. The molecular formula is C24H42N2O8. The summed E-state index contributed by atoms with van der Waals surface area (Å²) >= 11 is 0. The average molecular weight is 487 g/mol. The molecule has 0 bridgehead atoms. The van der Waals surface area contributed by atoms with Crippen molar-refractivity contribution in [3.05, 3.63) is 0 Å². The van der Waals surface area contributed by atoms with E-state index >= 15 is 0 Å². The third-order valence-corrected chi connectivity index (χ3v) is 5.85. The zero-order chi connectivity index (χ0) is 26.4. The summed E-state index contributed by atoms with van der Waals surface area (Å²) in [5.74, 6) is -2.46. The standard InChI is InChI=1S/2C12H21NO4/c2*1-8-5-6-13(7-9(8)10(14)15)11(16)17-12(2,3)4/h2*8-9H,5-7H2,1-4H3,(H,14,15)/t2*8-,9-/m10/s1. The summed E-state index contributed by atoms with van der Waals surface area (Å²) < 4.78 is 10.5. The van der Waals surface area contributed by atoms with Crippen LogP contribution in [0.4, 0.5) is 9.59 Å². The van der Waals surface area contributed by atoms with Crippen molar-refractivity contribution in [1.82, 2.24) is 9.80 Å². The number of hydrogen-bond donors (Lipinski definition) is 2. The molecular weight excluding hydrogens is 444 g/mol. The first kappa shape index (κ1) is 29.5. The minimum absolute atomic E-state index is 0.103. The topological polar surface area (TPSA) is 134 Å². The number of aliphatic carboxylic acids is 2. The van der Waals surface area contributed by atoms with E-state index in [0.717, 1.165) is 0 Å². The van der Waals surface area contributed by atoms with Crippen molar-refractivity contribution in [1.29, 1.82) is 0 Å². The highest BCUT2D eigenvalue weighted by atomic mass is 16.6. The molecule has 0 aromatic heterocycles. The second-order valence-corrected chi connectivity index (χ2v) is 11.3. The van der Waals surface area contributed by atoms with E-state index in [2.05, 4.69) is 0 Å². The number of nitrogens with zero attached hydrogens (tertiary/aromatic N) is 2. The summed E-state index contributed by atoms with van der Waals surface area (Å²) in [6.45, 7) is 16.2. The molecule has 2 N–H and O–H groups in total. The van der Waals surface area contributed by atoms with Gasteiger partial charge in [-0.2, -0.15) is 0 Å². The van der Waals surface area contributed by atoms with Crippen LogP contribution in [0.3, 0.4) is 0 Å². The van der Waals surface area contributed by atoms with Crippen LogP contribution >= 0.6 is 0 Å². The van der Waals surface area contributed by atoms with E-state index in [4.69, 9.17) is 19.7 Å². The van der Waals surface area contributed by atoms with Gasteiger partial charge in [0.1, 0.15) is 11.2 Å². The Morgan fingerprint density at radius 3 is 1.21 bits per heavy atom. The number of likely N-dealkylation sites (tertiary alicyclic amines) is 2. The zero-order valence-corrected chi connectivity index (χ0v) is 21.8. The molecule has 2 fully saturated rings. The predicted molar refractivity (Wildman–Crippen MR) is 125 cm³/mol. The van der Waals surface area contributed by atoms with E-state index < -0.39 is 47.2 Å². The molecule has 34 heavy (non-hydrogen) atoms. The Balaban J connectivity index is 0.000000340. The number of carboxylic acids is 2. The fourth-order valence-corrected chi connectivity index (χ4v) is 3.77. The third-order valence-electron chi connectivity index (χ3n) is 5.85. The highest BCUT2D eigenvalue weighted by Gasteiger charge is 2.36. The molecule has 0 aromatic rings. The quantitative estimate of drug-likeness (QED) is 0.600. The van der Waals surface area contributed by atoms with Gasteiger partial charge < -0.3 is 29.5 Å². The first-order valence-corrected chi connectivity index (χ1v) is 11.8. The molecule has 4 atom stereocenters. The van der Waals surface area contributed by atoms with Crippen molar-refractivity contribution in [3.8, 4) is 0 Å². The van der Waals surface area contributed by atoms with Crippen molar-refractivity contribution in [2.45, 2.75) is 79.4 Å². The molecule has 0 aliphatic carbocycles. The van der Waals surface area contributed by atoms with E-state index in [-0.39, 0.29) is 24.9 Å². The molecule has 0 saturated carbocycles. The highest BCUT2D eigenvalue weighted by molar-refractivity contribution is 5.74. The zero-order valence-electron chi connectivity index (χ0n) is 21.8. The van der Waals surface area contributed by atoms with E-state index in [0.29, 0.717) is 25.9 Å². The molecule has 2 saturated heterocycles. The maximum absolute atomic E-state index is 11.8. The second-order valence-electron chi connectivity index (χ2n) is 11.3. The van der Waals surface area contributed by atoms with Crippen LogP contribution in [0.5, 0.6) is 0 Å². The Bertz CT molecular complexity index is 678. The third kappa shape index (κ3) is 9.77. The van der Waals surface area contributed by atoms with Gasteiger partial charge in [-0.1, -0.05) is 13.8 Å². The lowest BCUT2D eigenvalue weighted by Gasteiger charge is -2.35. The summed E-state index contributed by atoms with van der Waals surface area (Å²) in [4.78, 5) is 48.7. The van der Waals surface area contributed by atoms with Crippen LogP contribution in [0, 0.1) is 23.7 Å². The van der Waals surface area contributed by atoms with Gasteiger partial charge in [-0.25, -0.2) is 9.59 Å². The minimum atomic E-state index is -0.842. The van der Waals surface area contributed by atoms with Gasteiger partial charge in [0.25, 0.3) is 0 Å². The molecule has 2 heterocycles. The molecule has 10 heteroatoms. The van der Waals surface area contributed by atoms with Crippen molar-refractivity contribution < 1.29 is 38.9 Å². The van der Waals surface area contributed by atoms with Crippen LogP contribution < -0.4 is 0 Å². The predicted octanol–water partition coefficient (Wildman–Crippen LogP) is 3.93. The van der Waals surface area contributed by atoms with Gasteiger partial charge in [-0.15, -0.1) is 0 Å². The first-order chi connectivity index (χ1) is 15.4. The molecule has 2 aliphatic heterocycles. The number of hydrogen-bond acceptors (Lipinski definition) is 6. The fourth-order valence-electron chi connectivity index (χ4n) is 3.77. The van der Waals surface area contributed by atoms with Gasteiger partial charge in [-0.3, -0.25) is 9.59 Å². The largest absolute Gasteiger partial charge is 0.481 e. The molecule has 0 unspecified atom stereocenters. The van der Waals surface area contributed by atoms with E-state index in [9.17, 15) is 19.2 Å². The van der Waals surface area contributed by atoms with Crippen LogP contribution in [0.2, 0.25) is 0 Å². The van der Waals surface area contributed by atoms with Gasteiger partial charge in [-0.05, 0) is 66.2 Å². The summed E-state index contributed by atoms with van der Waals surface area (Å²) in [6, 6.07) is 0. The van der Waals surface area contributed by atoms with Crippen LogP contribution in [0.15, 0.2) is 0 Å². The minimum Gasteiger partial charge on any atom is -0.481 e. The molecule has 0 spiro atoms. The highest BCUT2D eigenvalue weighted by Crippen LogP contribution is 2.26. The van der Waals surface area contributed by atoms with Gasteiger partial charge >= 0.3 is 24.1 Å². The van der Waals surface area contributed by atoms with E-state index in [1.807, 2.05) is 13.8 Å². The van der Waals surface area contributed by atoms with Gasteiger partial charge in [0.05, 0.1) is 11.8 Å². The van der Waals surface area contributed by atoms with Crippen molar-refractivity contribution in [3.63, 3.8) is 0 Å². The number of amides is 2. The van der Waals surface area contributed by atoms with Gasteiger partial charge in [0.2, 0.25) is 0 Å². The summed E-state index contributed by atoms with van der Waals surface area (Å²) in [6.07, 6.45) is 0.568. The number of carboxylic acid groups (broad SMARTS) is 2. The molecule has 0 aromatic carbocycles. The Labute approximate surface area is 202 Å². The maximum atomic E-state index is 11.8. The number of piperidine rings is 2. The Morgan fingerprint density at radius 2 is 0.971 bits per heavy atom. The van der Waals surface area contributed by atoms with Crippen LogP contribution in [-0.2, 0) is 19.1 Å². The van der Waals surface area contributed by atoms with Gasteiger partial charge in [0, 0.05) is 26.2 Å². The molecule has 10 nitrogen and oxygen atoms in total. The average Bonchev–Trinajstić information content (AvgIpc) is 2.66. The Hall–Kier alpha value is -2.52. The van der Waals surface area contributed by atoms with Crippen molar-refractivity contribution in [2.24, 2.45) is 23.7 Å². The normalized spacial score (nSPS) is 25.5. The van der Waals surface area contributed by atoms with Crippen molar-refractivity contribution >= 4 is 24.1 Å². The van der Waals surface area contributed by atoms with Crippen LogP contribution in [0.25, 0.3) is 0 Å². The number of ether oxygens (including phenoxy) is 2. The Morgan fingerprint density at radius 1 is 0.676 bits per heavy atom. The number of carbonyl (C=O) groups excluding carboxylic acids is 2. The summed E-state index contributed by atoms with van der Waals surface area (Å²) in [7, 11) is 0. The molecule has 196 valence electrons.